The van der Waals surface area contributed by atoms with E-state index in [0.29, 0.717) is 11.6 Å². The molecular weight excluding hydrogens is 200 g/mol. The third-order valence-electron chi connectivity index (χ3n) is 2.20. The molecule has 0 radical (unpaired) electrons. The van der Waals surface area contributed by atoms with Gasteiger partial charge in [-0.15, -0.1) is 0 Å². The highest BCUT2D eigenvalue weighted by Gasteiger charge is 2.05. The maximum atomic E-state index is 5.75. The molecule has 2 heterocycles. The van der Waals surface area contributed by atoms with Crippen LogP contribution in [0.15, 0.2) is 30.5 Å². The average Bonchev–Trinajstić information content (AvgIpc) is 2.30. The van der Waals surface area contributed by atoms with E-state index < -0.39 is 0 Å². The summed E-state index contributed by atoms with van der Waals surface area (Å²) < 4.78 is 0. The third-order valence-corrected chi connectivity index (χ3v) is 2.20. The van der Waals surface area contributed by atoms with Crippen LogP contribution in [0.1, 0.15) is 19.0 Å². The molecule has 0 fully saturated rings. The van der Waals surface area contributed by atoms with Crippen LogP contribution in [0, 0.1) is 0 Å². The summed E-state index contributed by atoms with van der Waals surface area (Å²) in [6, 6.07) is 7.47. The van der Waals surface area contributed by atoms with Crippen molar-refractivity contribution < 1.29 is 0 Å². The molecule has 0 spiro atoms. The molecule has 0 aromatic carbocycles. The van der Waals surface area contributed by atoms with Gasteiger partial charge in [-0.25, -0.2) is 9.97 Å². The summed E-state index contributed by atoms with van der Waals surface area (Å²) in [5.74, 6) is 1.10. The molecule has 4 heteroatoms. The second-order valence-corrected chi connectivity index (χ2v) is 3.57. The van der Waals surface area contributed by atoms with Crippen LogP contribution < -0.4 is 5.73 Å². The highest BCUT2D eigenvalue weighted by Crippen LogP contribution is 2.14. The molecule has 16 heavy (non-hydrogen) atoms. The predicted molar refractivity (Wildman–Crippen MR) is 63.7 cm³/mol. The lowest BCUT2D eigenvalue weighted by molar-refractivity contribution is 0.875. The summed E-state index contributed by atoms with van der Waals surface area (Å²) in [5, 5.41) is 0. The Bertz CT molecular complexity index is 468. The number of anilines is 1. The summed E-state index contributed by atoms with van der Waals surface area (Å²) in [5.41, 5.74) is 7.47. The van der Waals surface area contributed by atoms with Gasteiger partial charge >= 0.3 is 0 Å². The molecule has 0 saturated carbocycles. The zero-order chi connectivity index (χ0) is 11.4. The van der Waals surface area contributed by atoms with Crippen molar-refractivity contribution in [3.63, 3.8) is 0 Å². The molecule has 0 unspecified atom stereocenters. The van der Waals surface area contributed by atoms with Crippen LogP contribution in [-0.2, 0) is 6.42 Å². The number of nitrogen functional groups attached to an aromatic ring is 1. The number of nitrogens with two attached hydrogens (primary N) is 1. The number of rotatable bonds is 3. The van der Waals surface area contributed by atoms with Crippen molar-refractivity contribution in [1.29, 1.82) is 0 Å². The van der Waals surface area contributed by atoms with Crippen LogP contribution in [-0.4, -0.2) is 15.0 Å². The fourth-order valence-electron chi connectivity index (χ4n) is 1.51. The van der Waals surface area contributed by atoms with Gasteiger partial charge in [0.2, 0.25) is 0 Å². The maximum Gasteiger partial charge on any atom is 0.180 e. The number of aryl methyl sites for hydroxylation is 1. The first-order chi connectivity index (χ1) is 7.79. The van der Waals surface area contributed by atoms with Crippen molar-refractivity contribution in [2.24, 2.45) is 0 Å². The molecule has 2 rings (SSSR count). The molecular formula is C12H14N4. The molecule has 0 aliphatic rings. The third kappa shape index (κ3) is 2.34. The van der Waals surface area contributed by atoms with Gasteiger partial charge in [0.05, 0.1) is 0 Å². The lowest BCUT2D eigenvalue weighted by Gasteiger charge is -2.04. The zero-order valence-electron chi connectivity index (χ0n) is 9.22. The molecule has 2 aromatic rings. The molecule has 4 nitrogen and oxygen atoms in total. The first kappa shape index (κ1) is 10.5. The molecule has 0 amide bonds. The van der Waals surface area contributed by atoms with Gasteiger partial charge in [-0.1, -0.05) is 19.4 Å². The number of hydrogen-bond acceptors (Lipinski definition) is 4. The summed E-state index contributed by atoms with van der Waals surface area (Å²) >= 11 is 0. The van der Waals surface area contributed by atoms with Crippen molar-refractivity contribution in [3.05, 3.63) is 36.2 Å². The topological polar surface area (TPSA) is 64.7 Å². The minimum atomic E-state index is 0.499. The number of aromatic nitrogens is 3. The van der Waals surface area contributed by atoms with Gasteiger partial charge in [-0.2, -0.15) is 0 Å². The van der Waals surface area contributed by atoms with Gasteiger partial charge in [0.25, 0.3) is 0 Å². The Labute approximate surface area is 94.6 Å². The van der Waals surface area contributed by atoms with E-state index in [9.17, 15) is 0 Å². The molecule has 0 aliphatic carbocycles. The van der Waals surface area contributed by atoms with Crippen molar-refractivity contribution in [1.82, 2.24) is 15.0 Å². The van der Waals surface area contributed by atoms with E-state index in [1.807, 2.05) is 24.3 Å². The van der Waals surface area contributed by atoms with E-state index in [-0.39, 0.29) is 0 Å². The SMILES string of the molecule is CCCc1cc(N)nc(-c2ccccn2)n1. The Morgan fingerprint density at radius 3 is 2.81 bits per heavy atom. The number of nitrogens with zero attached hydrogens (tertiary/aromatic N) is 3. The lowest BCUT2D eigenvalue weighted by Crippen LogP contribution is -2.01. The van der Waals surface area contributed by atoms with Crippen LogP contribution >= 0.6 is 0 Å². The molecule has 2 N–H and O–H groups in total. The van der Waals surface area contributed by atoms with Crippen LogP contribution in [0.25, 0.3) is 11.5 Å². The van der Waals surface area contributed by atoms with Crippen molar-refractivity contribution >= 4 is 5.82 Å². The average molecular weight is 214 g/mol. The van der Waals surface area contributed by atoms with Crippen molar-refractivity contribution in [3.8, 4) is 11.5 Å². The van der Waals surface area contributed by atoms with E-state index in [2.05, 4.69) is 21.9 Å². The minimum absolute atomic E-state index is 0.499. The van der Waals surface area contributed by atoms with Crippen LogP contribution in [0.2, 0.25) is 0 Å². The number of pyridine rings is 1. The Morgan fingerprint density at radius 1 is 1.25 bits per heavy atom. The molecule has 0 saturated heterocycles. The molecule has 82 valence electrons. The van der Waals surface area contributed by atoms with E-state index in [1.165, 1.54) is 0 Å². The predicted octanol–water partition coefficient (Wildman–Crippen LogP) is 2.07. The second-order valence-electron chi connectivity index (χ2n) is 3.57. The summed E-state index contributed by atoms with van der Waals surface area (Å²) in [6.45, 7) is 2.11. The van der Waals surface area contributed by atoms with E-state index in [0.717, 1.165) is 24.2 Å². The van der Waals surface area contributed by atoms with E-state index in [1.54, 1.807) is 6.20 Å². The zero-order valence-corrected chi connectivity index (χ0v) is 9.22. The van der Waals surface area contributed by atoms with Gasteiger partial charge in [-0.3, -0.25) is 4.98 Å². The Hall–Kier alpha value is -1.97. The van der Waals surface area contributed by atoms with Crippen LogP contribution in [0.3, 0.4) is 0 Å². The van der Waals surface area contributed by atoms with Crippen LogP contribution in [0.5, 0.6) is 0 Å². The monoisotopic (exact) mass is 214 g/mol. The summed E-state index contributed by atoms with van der Waals surface area (Å²) in [7, 11) is 0. The van der Waals surface area contributed by atoms with Gasteiger partial charge in [-0.05, 0) is 18.6 Å². The molecule has 0 aliphatic heterocycles. The fourth-order valence-corrected chi connectivity index (χ4v) is 1.51. The van der Waals surface area contributed by atoms with Gasteiger partial charge < -0.3 is 5.73 Å². The minimum Gasteiger partial charge on any atom is -0.384 e. The smallest absolute Gasteiger partial charge is 0.180 e. The fraction of sp³-hybridized carbons (Fsp3) is 0.250. The highest BCUT2D eigenvalue weighted by atomic mass is 15.0. The quantitative estimate of drug-likeness (QED) is 0.849. The Morgan fingerprint density at radius 2 is 2.12 bits per heavy atom. The maximum absolute atomic E-state index is 5.75. The Kier molecular flexibility index (Phi) is 3.10. The Balaban J connectivity index is 2.41. The largest absolute Gasteiger partial charge is 0.384 e. The normalized spacial score (nSPS) is 10.3. The first-order valence-corrected chi connectivity index (χ1v) is 5.34. The van der Waals surface area contributed by atoms with E-state index >= 15 is 0 Å². The van der Waals surface area contributed by atoms with Crippen molar-refractivity contribution in [2.75, 3.05) is 5.73 Å². The highest BCUT2D eigenvalue weighted by molar-refractivity contribution is 5.51. The molecule has 0 atom stereocenters. The second kappa shape index (κ2) is 4.70. The van der Waals surface area contributed by atoms with Gasteiger partial charge in [0.1, 0.15) is 11.5 Å². The van der Waals surface area contributed by atoms with E-state index in [4.69, 9.17) is 5.73 Å². The van der Waals surface area contributed by atoms with Crippen LogP contribution in [0.4, 0.5) is 5.82 Å². The summed E-state index contributed by atoms with van der Waals surface area (Å²) in [6.07, 6.45) is 3.67. The molecule has 2 aromatic heterocycles. The summed E-state index contributed by atoms with van der Waals surface area (Å²) in [4.78, 5) is 12.8. The lowest BCUT2D eigenvalue weighted by atomic mass is 10.2. The van der Waals surface area contributed by atoms with Crippen molar-refractivity contribution in [2.45, 2.75) is 19.8 Å². The first-order valence-electron chi connectivity index (χ1n) is 5.34. The number of hydrogen-bond donors (Lipinski definition) is 1. The molecule has 0 bridgehead atoms. The van der Waals surface area contributed by atoms with Gasteiger partial charge in [0, 0.05) is 18.0 Å². The van der Waals surface area contributed by atoms with Gasteiger partial charge in [0.15, 0.2) is 5.82 Å². The standard InChI is InChI=1S/C12H14N4/c1-2-5-9-8-11(13)16-12(15-9)10-6-3-4-7-14-10/h3-4,6-8H,2,5H2,1H3,(H2,13,15,16).